The number of hydrogen-bond donors (Lipinski definition) is 0. The van der Waals surface area contributed by atoms with Crippen LogP contribution in [0.2, 0.25) is 0 Å². The zero-order valence-electron chi connectivity index (χ0n) is 14.7. The summed E-state index contributed by atoms with van der Waals surface area (Å²) in [6.45, 7) is 5.78. The van der Waals surface area contributed by atoms with Crippen LogP contribution in [-0.4, -0.2) is 58.7 Å². The van der Waals surface area contributed by atoms with E-state index in [1.807, 2.05) is 32.0 Å². The predicted octanol–water partition coefficient (Wildman–Crippen LogP) is 1.25. The molecule has 1 saturated heterocycles. The van der Waals surface area contributed by atoms with Crippen molar-refractivity contribution >= 4 is 21.5 Å². The van der Waals surface area contributed by atoms with Gasteiger partial charge in [0, 0.05) is 26.2 Å². The lowest BCUT2D eigenvalue weighted by Crippen LogP contribution is -2.49. The Kier molecular flexibility index (Phi) is 4.12. The molecule has 1 aliphatic heterocycles. The van der Waals surface area contributed by atoms with Gasteiger partial charge in [-0.1, -0.05) is 12.1 Å². The van der Waals surface area contributed by atoms with Gasteiger partial charge in [-0.3, -0.25) is 0 Å². The van der Waals surface area contributed by atoms with Crippen LogP contribution in [0, 0.1) is 13.8 Å². The van der Waals surface area contributed by atoms with E-state index >= 15 is 0 Å². The number of aromatic nitrogens is 4. The van der Waals surface area contributed by atoms with Crippen LogP contribution in [0.5, 0.6) is 0 Å². The monoisotopic (exact) mass is 372 g/mol. The van der Waals surface area contributed by atoms with Gasteiger partial charge in [-0.2, -0.15) is 8.82 Å². The van der Waals surface area contributed by atoms with Gasteiger partial charge in [-0.15, -0.1) is 15.3 Å². The summed E-state index contributed by atoms with van der Waals surface area (Å²) in [6.07, 6.45) is 0. The van der Waals surface area contributed by atoms with Crippen molar-refractivity contribution in [3.63, 3.8) is 0 Å². The molecule has 1 fully saturated rings. The van der Waals surface area contributed by atoms with E-state index in [0.717, 1.165) is 17.2 Å². The lowest BCUT2D eigenvalue weighted by Gasteiger charge is -2.34. The summed E-state index contributed by atoms with van der Waals surface area (Å²) >= 11 is 0. The summed E-state index contributed by atoms with van der Waals surface area (Å²) in [7, 11) is -3.46. The number of hydrogen-bond acceptors (Lipinski definition) is 6. The highest BCUT2D eigenvalue weighted by molar-refractivity contribution is 7.89. The molecule has 3 heterocycles. The number of anilines is 1. The van der Waals surface area contributed by atoms with Crippen LogP contribution in [0.25, 0.3) is 5.65 Å². The topological polar surface area (TPSA) is 83.7 Å². The highest BCUT2D eigenvalue weighted by atomic mass is 32.2. The van der Waals surface area contributed by atoms with E-state index in [0.29, 0.717) is 36.7 Å². The molecule has 0 N–H and O–H groups in total. The summed E-state index contributed by atoms with van der Waals surface area (Å²) in [5.74, 6) is 1.52. The summed E-state index contributed by atoms with van der Waals surface area (Å²) in [6, 6.07) is 10.8. The first-order chi connectivity index (χ1) is 12.4. The van der Waals surface area contributed by atoms with Crippen LogP contribution in [0.3, 0.4) is 0 Å². The standard InChI is InChI=1S/C17H20N6O2S/c1-13-4-3-5-15(12-13)26(24,25)22-10-8-21(9-11-22)17-7-6-16-19-18-14(2)23(16)20-17/h3-7,12H,8-11H2,1-2H3. The Hall–Kier alpha value is -2.52. The van der Waals surface area contributed by atoms with E-state index in [4.69, 9.17) is 0 Å². The second-order valence-corrected chi connectivity index (χ2v) is 8.35. The molecule has 0 spiro atoms. The molecule has 1 aromatic carbocycles. The van der Waals surface area contributed by atoms with E-state index in [9.17, 15) is 8.42 Å². The zero-order valence-corrected chi connectivity index (χ0v) is 15.5. The molecule has 1 aliphatic rings. The molecular formula is C17H20N6O2S. The van der Waals surface area contributed by atoms with Crippen LogP contribution in [0.1, 0.15) is 11.4 Å². The molecule has 8 nitrogen and oxygen atoms in total. The van der Waals surface area contributed by atoms with Crippen molar-refractivity contribution in [3.8, 4) is 0 Å². The molecule has 0 bridgehead atoms. The molecule has 9 heteroatoms. The normalized spacial score (nSPS) is 16.3. The third-order valence-electron chi connectivity index (χ3n) is 4.59. The van der Waals surface area contributed by atoms with Crippen LogP contribution in [-0.2, 0) is 10.0 Å². The first-order valence-corrected chi connectivity index (χ1v) is 9.90. The van der Waals surface area contributed by atoms with Gasteiger partial charge in [0.1, 0.15) is 5.82 Å². The molecule has 0 saturated carbocycles. The molecule has 0 radical (unpaired) electrons. The summed E-state index contributed by atoms with van der Waals surface area (Å²) < 4.78 is 28.9. The van der Waals surface area contributed by atoms with Crippen molar-refractivity contribution in [2.45, 2.75) is 18.7 Å². The smallest absolute Gasteiger partial charge is 0.243 e. The highest BCUT2D eigenvalue weighted by Crippen LogP contribution is 2.21. The van der Waals surface area contributed by atoms with E-state index in [-0.39, 0.29) is 0 Å². The number of rotatable bonds is 3. The third kappa shape index (κ3) is 2.93. The minimum Gasteiger partial charge on any atom is -0.353 e. The van der Waals surface area contributed by atoms with Crippen LogP contribution >= 0.6 is 0 Å². The number of sulfonamides is 1. The van der Waals surface area contributed by atoms with Crippen molar-refractivity contribution in [2.24, 2.45) is 0 Å². The molecule has 0 unspecified atom stereocenters. The van der Waals surface area contributed by atoms with Crippen LogP contribution in [0.4, 0.5) is 5.82 Å². The SMILES string of the molecule is Cc1cccc(S(=O)(=O)N2CCN(c3ccc4nnc(C)n4n3)CC2)c1. The van der Waals surface area contributed by atoms with Crippen LogP contribution < -0.4 is 4.90 Å². The largest absolute Gasteiger partial charge is 0.353 e. The van der Waals surface area contributed by atoms with Crippen molar-refractivity contribution in [1.29, 1.82) is 0 Å². The van der Waals surface area contributed by atoms with Gasteiger partial charge < -0.3 is 4.90 Å². The van der Waals surface area contributed by atoms with Gasteiger partial charge in [0.25, 0.3) is 0 Å². The average molecular weight is 372 g/mol. The fraction of sp³-hybridized carbons (Fsp3) is 0.353. The van der Waals surface area contributed by atoms with Gasteiger partial charge in [-0.05, 0) is 43.7 Å². The molecule has 4 rings (SSSR count). The molecular weight excluding hydrogens is 352 g/mol. The van der Waals surface area contributed by atoms with E-state index < -0.39 is 10.0 Å². The van der Waals surface area contributed by atoms with Gasteiger partial charge in [-0.25, -0.2) is 8.42 Å². The second-order valence-electron chi connectivity index (χ2n) is 6.42. The number of nitrogens with zero attached hydrogens (tertiary/aromatic N) is 6. The lowest BCUT2D eigenvalue weighted by atomic mass is 10.2. The Morgan fingerprint density at radius 3 is 2.46 bits per heavy atom. The number of aryl methyl sites for hydroxylation is 2. The van der Waals surface area contributed by atoms with Crippen molar-refractivity contribution in [2.75, 3.05) is 31.1 Å². The number of fused-ring (bicyclic) bond motifs is 1. The van der Waals surface area contributed by atoms with E-state index in [1.54, 1.807) is 27.0 Å². The zero-order chi connectivity index (χ0) is 18.3. The van der Waals surface area contributed by atoms with Gasteiger partial charge in [0.05, 0.1) is 4.90 Å². The Balaban J connectivity index is 1.52. The highest BCUT2D eigenvalue weighted by Gasteiger charge is 2.29. The number of benzene rings is 1. The van der Waals surface area contributed by atoms with E-state index in [1.165, 1.54) is 0 Å². The molecule has 2 aromatic heterocycles. The Morgan fingerprint density at radius 2 is 1.73 bits per heavy atom. The Bertz CT molecular complexity index is 1050. The maximum atomic E-state index is 12.8. The van der Waals surface area contributed by atoms with Crippen LogP contribution in [0.15, 0.2) is 41.3 Å². The van der Waals surface area contributed by atoms with Gasteiger partial charge >= 0.3 is 0 Å². The fourth-order valence-electron chi connectivity index (χ4n) is 3.14. The summed E-state index contributed by atoms with van der Waals surface area (Å²) in [4.78, 5) is 2.44. The second kappa shape index (κ2) is 6.33. The number of piperazine rings is 1. The maximum Gasteiger partial charge on any atom is 0.243 e. The molecule has 136 valence electrons. The first-order valence-electron chi connectivity index (χ1n) is 8.46. The Labute approximate surface area is 152 Å². The average Bonchev–Trinajstić information content (AvgIpc) is 3.02. The Morgan fingerprint density at radius 1 is 0.962 bits per heavy atom. The minimum atomic E-state index is -3.46. The minimum absolute atomic E-state index is 0.352. The maximum absolute atomic E-state index is 12.8. The molecule has 0 aliphatic carbocycles. The lowest BCUT2D eigenvalue weighted by molar-refractivity contribution is 0.383. The molecule has 0 amide bonds. The van der Waals surface area contributed by atoms with Gasteiger partial charge in [0.15, 0.2) is 11.5 Å². The molecule has 0 atom stereocenters. The third-order valence-corrected chi connectivity index (χ3v) is 6.49. The predicted molar refractivity (Wildman–Crippen MR) is 97.7 cm³/mol. The van der Waals surface area contributed by atoms with Crippen molar-refractivity contribution in [3.05, 3.63) is 47.8 Å². The summed E-state index contributed by atoms with van der Waals surface area (Å²) in [5, 5.41) is 12.6. The molecule has 3 aromatic rings. The van der Waals surface area contributed by atoms with E-state index in [2.05, 4.69) is 20.2 Å². The fourth-order valence-corrected chi connectivity index (χ4v) is 4.67. The van der Waals surface area contributed by atoms with Crippen molar-refractivity contribution < 1.29 is 8.42 Å². The van der Waals surface area contributed by atoms with Gasteiger partial charge in [0.2, 0.25) is 10.0 Å². The first kappa shape index (κ1) is 16.9. The van der Waals surface area contributed by atoms with Crippen molar-refractivity contribution in [1.82, 2.24) is 24.1 Å². The summed E-state index contributed by atoms with van der Waals surface area (Å²) in [5.41, 5.74) is 1.64. The molecule has 26 heavy (non-hydrogen) atoms. The quantitative estimate of drug-likeness (QED) is 0.688.